The normalized spacial score (nSPS) is 14.6. The van der Waals surface area contributed by atoms with Gasteiger partial charge in [0.15, 0.2) is 5.11 Å². The number of sulfonamides is 1. The average Bonchev–Trinajstić information content (AvgIpc) is 2.74. The van der Waals surface area contributed by atoms with Crippen molar-refractivity contribution in [1.29, 1.82) is 0 Å². The summed E-state index contributed by atoms with van der Waals surface area (Å²) in [5, 5.41) is 5.93. The summed E-state index contributed by atoms with van der Waals surface area (Å²) in [4.78, 5) is 12.2. The Morgan fingerprint density at radius 3 is 2.45 bits per heavy atom. The Labute approximate surface area is 187 Å². The standard InChI is InChI=1S/C22H26FN3O3S2/c23-18-6-4-5-17(15-18)21(27)24-14-13-16-9-11-20(12-10-16)31(28,29)26-22(30)25-19-7-2-1-3-8-19/h4-6,9-12,15,19H,1-3,7-8,13-14H2,(H,24,27)(H2,25,26,30). The molecular formula is C22H26FN3O3S2. The maximum absolute atomic E-state index is 13.2. The van der Waals surface area contributed by atoms with Crippen LogP contribution in [0, 0.1) is 5.82 Å². The summed E-state index contributed by atoms with van der Waals surface area (Å²) in [6.07, 6.45) is 5.95. The number of hydrogen-bond acceptors (Lipinski definition) is 4. The molecule has 1 amide bonds. The zero-order chi connectivity index (χ0) is 22.3. The van der Waals surface area contributed by atoms with Crippen LogP contribution in [0.2, 0.25) is 0 Å². The molecule has 0 aromatic heterocycles. The van der Waals surface area contributed by atoms with Crippen LogP contribution in [-0.4, -0.2) is 32.0 Å². The summed E-state index contributed by atoms with van der Waals surface area (Å²) in [6, 6.07) is 12.1. The summed E-state index contributed by atoms with van der Waals surface area (Å²) >= 11 is 5.17. The number of carbonyl (C=O) groups excluding carboxylic acids is 1. The third-order valence-electron chi connectivity index (χ3n) is 5.19. The monoisotopic (exact) mass is 463 g/mol. The van der Waals surface area contributed by atoms with Gasteiger partial charge in [0.2, 0.25) is 0 Å². The van der Waals surface area contributed by atoms with E-state index in [4.69, 9.17) is 12.2 Å². The van der Waals surface area contributed by atoms with Crippen molar-refractivity contribution in [3.63, 3.8) is 0 Å². The van der Waals surface area contributed by atoms with E-state index in [2.05, 4.69) is 15.4 Å². The van der Waals surface area contributed by atoms with Gasteiger partial charge in [-0.15, -0.1) is 0 Å². The topological polar surface area (TPSA) is 87.3 Å². The average molecular weight is 464 g/mol. The molecule has 0 spiro atoms. The summed E-state index contributed by atoms with van der Waals surface area (Å²) in [5.41, 5.74) is 1.12. The van der Waals surface area contributed by atoms with Crippen LogP contribution in [0.3, 0.4) is 0 Å². The fourth-order valence-corrected chi connectivity index (χ4v) is 4.94. The number of hydrogen-bond donors (Lipinski definition) is 3. The van der Waals surface area contributed by atoms with E-state index >= 15 is 0 Å². The van der Waals surface area contributed by atoms with Gasteiger partial charge in [0.05, 0.1) is 4.90 Å². The lowest BCUT2D eigenvalue weighted by molar-refractivity contribution is 0.0953. The molecule has 31 heavy (non-hydrogen) atoms. The molecule has 2 aromatic rings. The van der Waals surface area contributed by atoms with Gasteiger partial charge in [-0.3, -0.25) is 9.52 Å². The fraction of sp³-hybridized carbons (Fsp3) is 0.364. The molecule has 3 rings (SSSR count). The Morgan fingerprint density at radius 2 is 1.77 bits per heavy atom. The highest BCUT2D eigenvalue weighted by Gasteiger charge is 2.19. The van der Waals surface area contributed by atoms with E-state index in [-0.39, 0.29) is 27.5 Å². The highest BCUT2D eigenvalue weighted by molar-refractivity contribution is 7.91. The fourth-order valence-electron chi connectivity index (χ4n) is 3.53. The minimum atomic E-state index is -3.76. The highest BCUT2D eigenvalue weighted by atomic mass is 32.2. The molecule has 1 aliphatic rings. The third kappa shape index (κ3) is 7.00. The molecule has 0 radical (unpaired) electrons. The molecule has 0 atom stereocenters. The molecule has 1 saturated carbocycles. The smallest absolute Gasteiger partial charge is 0.263 e. The molecule has 166 valence electrons. The Kier molecular flexibility index (Phi) is 7.97. The predicted molar refractivity (Wildman–Crippen MR) is 122 cm³/mol. The first kappa shape index (κ1) is 23.1. The number of rotatable bonds is 7. The van der Waals surface area contributed by atoms with E-state index in [1.165, 1.54) is 36.8 Å². The van der Waals surface area contributed by atoms with E-state index < -0.39 is 15.8 Å². The number of thiocarbonyl (C=S) groups is 1. The first-order chi connectivity index (χ1) is 14.8. The van der Waals surface area contributed by atoms with Crippen molar-refractivity contribution in [1.82, 2.24) is 15.4 Å². The SMILES string of the molecule is O=C(NCCc1ccc(S(=O)(=O)NC(=S)NC2CCCCC2)cc1)c1cccc(F)c1. The van der Waals surface area contributed by atoms with Gasteiger partial charge in [0.25, 0.3) is 15.9 Å². The van der Waals surface area contributed by atoms with Crippen LogP contribution in [0.15, 0.2) is 53.4 Å². The molecule has 0 heterocycles. The van der Waals surface area contributed by atoms with Crippen LogP contribution < -0.4 is 15.4 Å². The Balaban J connectivity index is 1.49. The number of halogens is 1. The van der Waals surface area contributed by atoms with Gasteiger partial charge in [-0.05, 0) is 67.4 Å². The van der Waals surface area contributed by atoms with Gasteiger partial charge in [-0.1, -0.05) is 37.5 Å². The molecule has 2 aromatic carbocycles. The number of carbonyl (C=O) groups is 1. The van der Waals surface area contributed by atoms with Gasteiger partial charge >= 0.3 is 0 Å². The number of benzene rings is 2. The van der Waals surface area contributed by atoms with Crippen LogP contribution in [0.4, 0.5) is 4.39 Å². The van der Waals surface area contributed by atoms with Crippen molar-refractivity contribution in [3.05, 3.63) is 65.5 Å². The Bertz CT molecular complexity index is 1020. The largest absolute Gasteiger partial charge is 0.359 e. The van der Waals surface area contributed by atoms with Gasteiger partial charge < -0.3 is 10.6 Å². The lowest BCUT2D eigenvalue weighted by Gasteiger charge is -2.24. The van der Waals surface area contributed by atoms with E-state index in [1.54, 1.807) is 18.2 Å². The number of amides is 1. The van der Waals surface area contributed by atoms with Crippen molar-refractivity contribution in [2.45, 2.75) is 49.5 Å². The zero-order valence-corrected chi connectivity index (χ0v) is 18.7. The quantitative estimate of drug-likeness (QED) is 0.549. The second kappa shape index (κ2) is 10.7. The maximum Gasteiger partial charge on any atom is 0.263 e. The molecule has 0 bridgehead atoms. The summed E-state index contributed by atoms with van der Waals surface area (Å²) in [5.74, 6) is -0.826. The first-order valence-electron chi connectivity index (χ1n) is 10.3. The Hall–Kier alpha value is -2.52. The van der Waals surface area contributed by atoms with Gasteiger partial charge in [-0.25, -0.2) is 12.8 Å². The minimum Gasteiger partial charge on any atom is -0.359 e. The van der Waals surface area contributed by atoms with Crippen molar-refractivity contribution in [3.8, 4) is 0 Å². The summed E-state index contributed by atoms with van der Waals surface area (Å²) in [7, 11) is -3.76. The molecule has 6 nitrogen and oxygen atoms in total. The van der Waals surface area contributed by atoms with E-state index in [1.807, 2.05) is 0 Å². The summed E-state index contributed by atoms with van der Waals surface area (Å²) in [6.45, 7) is 0.342. The second-order valence-electron chi connectivity index (χ2n) is 7.57. The predicted octanol–water partition coefficient (Wildman–Crippen LogP) is 3.28. The van der Waals surface area contributed by atoms with Crippen LogP contribution in [-0.2, 0) is 16.4 Å². The molecule has 0 aliphatic heterocycles. The summed E-state index contributed by atoms with van der Waals surface area (Å²) < 4.78 is 40.7. The molecule has 0 unspecified atom stereocenters. The van der Waals surface area contributed by atoms with Gasteiger partial charge in [-0.2, -0.15) is 0 Å². The van der Waals surface area contributed by atoms with Crippen molar-refractivity contribution in [2.24, 2.45) is 0 Å². The van der Waals surface area contributed by atoms with Crippen LogP contribution in [0.25, 0.3) is 0 Å². The van der Waals surface area contributed by atoms with E-state index in [0.29, 0.717) is 13.0 Å². The third-order valence-corrected chi connectivity index (χ3v) is 6.90. The Morgan fingerprint density at radius 1 is 1.06 bits per heavy atom. The molecule has 1 fully saturated rings. The molecular weight excluding hydrogens is 437 g/mol. The first-order valence-corrected chi connectivity index (χ1v) is 12.2. The van der Waals surface area contributed by atoms with Gasteiger partial charge in [0.1, 0.15) is 5.82 Å². The van der Waals surface area contributed by atoms with Crippen molar-refractivity contribution < 1.29 is 17.6 Å². The van der Waals surface area contributed by atoms with Crippen LogP contribution >= 0.6 is 12.2 Å². The lowest BCUT2D eigenvalue weighted by Crippen LogP contribution is -2.44. The molecule has 3 N–H and O–H groups in total. The van der Waals surface area contributed by atoms with Crippen molar-refractivity contribution in [2.75, 3.05) is 6.54 Å². The zero-order valence-electron chi connectivity index (χ0n) is 17.1. The second-order valence-corrected chi connectivity index (χ2v) is 9.66. The van der Waals surface area contributed by atoms with E-state index in [0.717, 1.165) is 31.2 Å². The van der Waals surface area contributed by atoms with Crippen molar-refractivity contribution >= 4 is 33.3 Å². The molecule has 0 saturated heterocycles. The minimum absolute atomic E-state index is 0.118. The number of nitrogens with one attached hydrogen (secondary N) is 3. The van der Waals surface area contributed by atoms with Crippen LogP contribution in [0.1, 0.15) is 48.0 Å². The molecule has 1 aliphatic carbocycles. The highest BCUT2D eigenvalue weighted by Crippen LogP contribution is 2.17. The molecule has 9 heteroatoms. The van der Waals surface area contributed by atoms with Gasteiger partial charge in [0, 0.05) is 18.2 Å². The van der Waals surface area contributed by atoms with Crippen LogP contribution in [0.5, 0.6) is 0 Å². The maximum atomic E-state index is 13.2. The van der Waals surface area contributed by atoms with E-state index in [9.17, 15) is 17.6 Å². The lowest BCUT2D eigenvalue weighted by atomic mass is 9.96.